The van der Waals surface area contributed by atoms with E-state index < -0.39 is 0 Å². The maximum atomic E-state index is 12.3. The van der Waals surface area contributed by atoms with Gasteiger partial charge in [0, 0.05) is 15.1 Å². The molecule has 0 aliphatic heterocycles. The first kappa shape index (κ1) is 14.6. The molecule has 0 spiro atoms. The minimum absolute atomic E-state index is 0.275. The topological polar surface area (TPSA) is 52.9 Å². The molecule has 0 radical (unpaired) electrons. The molecule has 0 fully saturated rings. The van der Waals surface area contributed by atoms with Crippen molar-refractivity contribution in [3.8, 4) is 6.07 Å². The van der Waals surface area contributed by atoms with E-state index in [4.69, 9.17) is 16.9 Å². The van der Waals surface area contributed by atoms with Crippen molar-refractivity contribution in [1.82, 2.24) is 0 Å². The molecule has 0 atom stereocenters. The molecule has 2 aromatic rings. The molecular weight excluding hydrogens is 340 g/mol. The molecule has 0 aromatic heterocycles. The van der Waals surface area contributed by atoms with E-state index in [1.54, 1.807) is 24.3 Å². The second kappa shape index (κ2) is 6.08. The van der Waals surface area contributed by atoms with Crippen molar-refractivity contribution in [1.29, 1.82) is 5.26 Å². The maximum absolute atomic E-state index is 12.3. The van der Waals surface area contributed by atoms with Crippen LogP contribution in [0.15, 0.2) is 40.9 Å². The Morgan fingerprint density at radius 2 is 2.05 bits per heavy atom. The van der Waals surface area contributed by atoms with E-state index >= 15 is 0 Å². The quantitative estimate of drug-likeness (QED) is 0.865. The van der Waals surface area contributed by atoms with Gasteiger partial charge in [-0.15, -0.1) is 0 Å². The molecule has 0 saturated heterocycles. The summed E-state index contributed by atoms with van der Waals surface area (Å²) in [7, 11) is 0. The molecular formula is C15H10BrClN2O. The summed E-state index contributed by atoms with van der Waals surface area (Å²) in [5, 5.41) is 12.2. The number of nitrogens with zero attached hydrogens (tertiary/aromatic N) is 1. The van der Waals surface area contributed by atoms with E-state index in [1.807, 2.05) is 25.1 Å². The van der Waals surface area contributed by atoms with Gasteiger partial charge in [-0.3, -0.25) is 4.79 Å². The summed E-state index contributed by atoms with van der Waals surface area (Å²) in [6.07, 6.45) is 0. The normalized spacial score (nSPS) is 9.90. The molecule has 0 aliphatic rings. The van der Waals surface area contributed by atoms with E-state index in [0.29, 0.717) is 21.8 Å². The van der Waals surface area contributed by atoms with Crippen molar-refractivity contribution in [3.63, 3.8) is 0 Å². The van der Waals surface area contributed by atoms with Crippen LogP contribution in [0.2, 0.25) is 5.02 Å². The third-order valence-corrected chi connectivity index (χ3v) is 3.52. The maximum Gasteiger partial charge on any atom is 0.256 e. The number of anilines is 1. The molecule has 0 unspecified atom stereocenters. The van der Waals surface area contributed by atoms with Crippen LogP contribution in [0.4, 0.5) is 5.69 Å². The van der Waals surface area contributed by atoms with E-state index in [1.165, 1.54) is 0 Å². The van der Waals surface area contributed by atoms with Crippen molar-refractivity contribution in [2.75, 3.05) is 5.32 Å². The van der Waals surface area contributed by atoms with Gasteiger partial charge < -0.3 is 5.32 Å². The SMILES string of the molecule is Cc1ccc(Br)cc1C(=O)Nc1cc(Cl)ccc1C#N. The molecule has 1 N–H and O–H groups in total. The molecule has 5 heteroatoms. The van der Waals surface area contributed by atoms with Crippen LogP contribution in [-0.4, -0.2) is 5.91 Å². The van der Waals surface area contributed by atoms with Gasteiger partial charge in [0.15, 0.2) is 0 Å². The average Bonchev–Trinajstić information content (AvgIpc) is 2.41. The Morgan fingerprint density at radius 3 is 2.75 bits per heavy atom. The van der Waals surface area contributed by atoms with Crippen LogP contribution in [0.3, 0.4) is 0 Å². The zero-order valence-electron chi connectivity index (χ0n) is 10.6. The lowest BCUT2D eigenvalue weighted by Crippen LogP contribution is -2.14. The number of nitriles is 1. The monoisotopic (exact) mass is 348 g/mol. The number of aryl methyl sites for hydroxylation is 1. The molecule has 1 amide bonds. The van der Waals surface area contributed by atoms with E-state index in [2.05, 4.69) is 21.2 Å². The van der Waals surface area contributed by atoms with Crippen LogP contribution >= 0.6 is 27.5 Å². The number of amides is 1. The van der Waals surface area contributed by atoms with Gasteiger partial charge in [-0.2, -0.15) is 5.26 Å². The van der Waals surface area contributed by atoms with Gasteiger partial charge in [0.2, 0.25) is 0 Å². The lowest BCUT2D eigenvalue weighted by Gasteiger charge is -2.10. The number of carbonyl (C=O) groups excluding carboxylic acids is 1. The van der Waals surface area contributed by atoms with Gasteiger partial charge in [-0.1, -0.05) is 33.6 Å². The second-order valence-electron chi connectivity index (χ2n) is 4.22. The summed E-state index contributed by atoms with van der Waals surface area (Å²) in [4.78, 5) is 12.3. The molecule has 0 bridgehead atoms. The molecule has 3 nitrogen and oxygen atoms in total. The Kier molecular flexibility index (Phi) is 4.43. The summed E-state index contributed by atoms with van der Waals surface area (Å²) in [6, 6.07) is 12.2. The average molecular weight is 350 g/mol. The Labute approximate surface area is 130 Å². The first-order chi connectivity index (χ1) is 9.51. The van der Waals surface area contributed by atoms with Gasteiger partial charge in [-0.05, 0) is 42.8 Å². The number of hydrogen-bond acceptors (Lipinski definition) is 2. The summed E-state index contributed by atoms with van der Waals surface area (Å²) < 4.78 is 0.819. The minimum Gasteiger partial charge on any atom is -0.321 e. The van der Waals surface area contributed by atoms with Gasteiger partial charge in [0.1, 0.15) is 6.07 Å². The Bertz CT molecular complexity index is 722. The number of halogens is 2. The van der Waals surface area contributed by atoms with Crippen LogP contribution in [0, 0.1) is 18.3 Å². The van der Waals surface area contributed by atoms with Crippen LogP contribution in [0.5, 0.6) is 0 Å². The number of nitrogens with one attached hydrogen (secondary N) is 1. The molecule has 0 saturated carbocycles. The first-order valence-electron chi connectivity index (χ1n) is 5.78. The highest BCUT2D eigenvalue weighted by Crippen LogP contribution is 2.22. The van der Waals surface area contributed by atoms with Crippen molar-refractivity contribution < 1.29 is 4.79 Å². The van der Waals surface area contributed by atoms with E-state index in [0.717, 1.165) is 10.0 Å². The fourth-order valence-electron chi connectivity index (χ4n) is 1.75. The lowest BCUT2D eigenvalue weighted by molar-refractivity contribution is 0.102. The molecule has 0 aliphatic carbocycles. The van der Waals surface area contributed by atoms with E-state index in [-0.39, 0.29) is 5.91 Å². The summed E-state index contributed by atoms with van der Waals surface area (Å²) in [6.45, 7) is 1.85. The molecule has 2 rings (SSSR count). The van der Waals surface area contributed by atoms with Gasteiger partial charge in [0.05, 0.1) is 11.3 Å². The van der Waals surface area contributed by atoms with Crippen molar-refractivity contribution in [2.24, 2.45) is 0 Å². The predicted molar refractivity (Wildman–Crippen MR) is 83.0 cm³/mol. The smallest absolute Gasteiger partial charge is 0.256 e. The zero-order valence-corrected chi connectivity index (χ0v) is 12.9. The minimum atomic E-state index is -0.275. The Hall–Kier alpha value is -1.83. The number of rotatable bonds is 2. The standard InChI is InChI=1S/C15H10BrClN2O/c1-9-2-4-11(16)6-13(9)15(20)19-14-7-12(17)5-3-10(14)8-18/h2-7H,1H3,(H,19,20). The molecule has 100 valence electrons. The van der Waals surface area contributed by atoms with Crippen molar-refractivity contribution in [2.45, 2.75) is 6.92 Å². The first-order valence-corrected chi connectivity index (χ1v) is 6.95. The highest BCUT2D eigenvalue weighted by atomic mass is 79.9. The van der Waals surface area contributed by atoms with Crippen LogP contribution < -0.4 is 5.32 Å². The fourth-order valence-corrected chi connectivity index (χ4v) is 2.28. The highest BCUT2D eigenvalue weighted by molar-refractivity contribution is 9.10. The van der Waals surface area contributed by atoms with Crippen LogP contribution in [0.1, 0.15) is 21.5 Å². The fraction of sp³-hybridized carbons (Fsp3) is 0.0667. The van der Waals surface area contributed by atoms with Crippen LogP contribution in [0.25, 0.3) is 0 Å². The summed E-state index contributed by atoms with van der Waals surface area (Å²) in [5.41, 5.74) is 2.18. The molecule has 20 heavy (non-hydrogen) atoms. The molecule has 2 aromatic carbocycles. The van der Waals surface area contributed by atoms with Gasteiger partial charge in [-0.25, -0.2) is 0 Å². The Balaban J connectivity index is 2.35. The van der Waals surface area contributed by atoms with Crippen molar-refractivity contribution >= 4 is 39.1 Å². The number of hydrogen-bond donors (Lipinski definition) is 1. The predicted octanol–water partition coefficient (Wildman–Crippen LogP) is 4.53. The summed E-state index contributed by atoms with van der Waals surface area (Å²) in [5.74, 6) is -0.275. The lowest BCUT2D eigenvalue weighted by atomic mass is 10.1. The van der Waals surface area contributed by atoms with Crippen LogP contribution in [-0.2, 0) is 0 Å². The highest BCUT2D eigenvalue weighted by Gasteiger charge is 2.12. The Morgan fingerprint density at radius 1 is 1.30 bits per heavy atom. The van der Waals surface area contributed by atoms with Gasteiger partial charge in [0.25, 0.3) is 5.91 Å². The second-order valence-corrected chi connectivity index (χ2v) is 5.57. The van der Waals surface area contributed by atoms with Gasteiger partial charge >= 0.3 is 0 Å². The zero-order chi connectivity index (χ0) is 14.7. The third kappa shape index (κ3) is 3.19. The van der Waals surface area contributed by atoms with Crippen molar-refractivity contribution in [3.05, 3.63) is 62.6 Å². The number of benzene rings is 2. The summed E-state index contributed by atoms with van der Waals surface area (Å²) >= 11 is 9.23. The number of carbonyl (C=O) groups is 1. The largest absolute Gasteiger partial charge is 0.321 e. The molecule has 0 heterocycles. The van der Waals surface area contributed by atoms with E-state index in [9.17, 15) is 4.79 Å². The third-order valence-electron chi connectivity index (χ3n) is 2.79.